The molecule has 0 unspecified atom stereocenters. The molecule has 0 amide bonds. The first-order valence-corrected chi connectivity index (χ1v) is 7.62. The summed E-state index contributed by atoms with van der Waals surface area (Å²) in [6.45, 7) is 7.71. The maximum Gasteiger partial charge on any atom is 0.168 e. The number of hydrogen-bond acceptors (Lipinski definition) is 2. The van der Waals surface area contributed by atoms with Crippen LogP contribution >= 0.6 is 0 Å². The van der Waals surface area contributed by atoms with Gasteiger partial charge in [0.15, 0.2) is 5.79 Å². The highest BCUT2D eigenvalue weighted by molar-refractivity contribution is 5.26. The Hall–Kier alpha value is -0.860. The molecule has 0 radical (unpaired) electrons. The van der Waals surface area contributed by atoms with E-state index in [0.717, 1.165) is 26.1 Å². The van der Waals surface area contributed by atoms with Crippen LogP contribution in [0.4, 0.5) is 0 Å². The Morgan fingerprint density at radius 2 is 1.68 bits per heavy atom. The van der Waals surface area contributed by atoms with Crippen LogP contribution in [0.3, 0.4) is 0 Å². The number of rotatable bonds is 1. The van der Waals surface area contributed by atoms with Crippen molar-refractivity contribution in [3.8, 4) is 0 Å². The van der Waals surface area contributed by atoms with Gasteiger partial charge in [0.25, 0.3) is 0 Å². The third-order valence-corrected chi connectivity index (χ3v) is 4.07. The van der Waals surface area contributed by atoms with Gasteiger partial charge in [-0.3, -0.25) is 0 Å². The number of aryl methyl sites for hydroxylation is 1. The first kappa shape index (κ1) is 14.5. The third-order valence-electron chi connectivity index (χ3n) is 4.07. The molecule has 2 nitrogen and oxygen atoms in total. The van der Waals surface area contributed by atoms with Crippen molar-refractivity contribution < 1.29 is 9.47 Å². The Morgan fingerprint density at radius 1 is 1.05 bits per heavy atom. The maximum absolute atomic E-state index is 5.77. The Kier molecular flexibility index (Phi) is 5.00. The summed E-state index contributed by atoms with van der Waals surface area (Å²) in [5.74, 6) is 0.466. The molecular weight excluding hydrogens is 236 g/mol. The lowest BCUT2D eigenvalue weighted by Crippen LogP contribution is -2.34. The summed E-state index contributed by atoms with van der Waals surface area (Å²) < 4.78 is 11.5. The second-order valence-corrected chi connectivity index (χ2v) is 5.30. The minimum atomic E-state index is -0.222. The smallest absolute Gasteiger partial charge is 0.168 e. The zero-order valence-electron chi connectivity index (χ0n) is 12.4. The van der Waals surface area contributed by atoms with E-state index in [9.17, 15) is 0 Å². The summed E-state index contributed by atoms with van der Waals surface area (Å²) in [6, 6.07) is 8.90. The van der Waals surface area contributed by atoms with Crippen molar-refractivity contribution >= 4 is 0 Å². The zero-order chi connectivity index (χ0) is 13.7. The molecule has 2 aliphatic rings. The van der Waals surface area contributed by atoms with Crippen LogP contribution in [0.15, 0.2) is 24.3 Å². The summed E-state index contributed by atoms with van der Waals surface area (Å²) in [7, 11) is 0. The summed E-state index contributed by atoms with van der Waals surface area (Å²) >= 11 is 0. The van der Waals surface area contributed by atoms with Gasteiger partial charge in [0.2, 0.25) is 0 Å². The van der Waals surface area contributed by atoms with Crippen LogP contribution in [0.25, 0.3) is 0 Å². The maximum atomic E-state index is 5.77. The standard InChI is InChI=1S/C15H20O2.C2H6/c1-12-3-2-4-14(11-12)13-5-7-15(8-6-13)16-9-10-17-15;1-2/h2-4,11,13H,5-10H2,1H3;1-2H3. The van der Waals surface area contributed by atoms with E-state index in [4.69, 9.17) is 9.47 Å². The summed E-state index contributed by atoms with van der Waals surface area (Å²) in [4.78, 5) is 0. The molecule has 1 spiro atoms. The molecule has 106 valence electrons. The van der Waals surface area contributed by atoms with E-state index in [2.05, 4.69) is 31.2 Å². The minimum absolute atomic E-state index is 0.222. The highest BCUT2D eigenvalue weighted by atomic mass is 16.7. The molecule has 1 aliphatic carbocycles. The molecule has 0 N–H and O–H groups in total. The second-order valence-electron chi connectivity index (χ2n) is 5.30. The van der Waals surface area contributed by atoms with Gasteiger partial charge < -0.3 is 9.47 Å². The van der Waals surface area contributed by atoms with Crippen molar-refractivity contribution in [3.05, 3.63) is 35.4 Å². The van der Waals surface area contributed by atoms with E-state index in [1.54, 1.807) is 0 Å². The van der Waals surface area contributed by atoms with Gasteiger partial charge in [0.1, 0.15) is 0 Å². The molecule has 1 saturated carbocycles. The predicted molar refractivity (Wildman–Crippen MR) is 78.4 cm³/mol. The van der Waals surface area contributed by atoms with Crippen molar-refractivity contribution in [2.24, 2.45) is 0 Å². The van der Waals surface area contributed by atoms with Gasteiger partial charge in [0.05, 0.1) is 13.2 Å². The van der Waals surface area contributed by atoms with E-state index < -0.39 is 0 Å². The quantitative estimate of drug-likeness (QED) is 0.745. The largest absolute Gasteiger partial charge is 0.348 e. The van der Waals surface area contributed by atoms with Crippen LogP contribution in [-0.2, 0) is 9.47 Å². The summed E-state index contributed by atoms with van der Waals surface area (Å²) in [6.07, 6.45) is 4.46. The highest BCUT2D eigenvalue weighted by Crippen LogP contribution is 2.42. The molecule has 1 aromatic rings. The Morgan fingerprint density at radius 3 is 2.26 bits per heavy atom. The molecular formula is C17H26O2. The van der Waals surface area contributed by atoms with Gasteiger partial charge in [-0.25, -0.2) is 0 Å². The van der Waals surface area contributed by atoms with Crippen molar-refractivity contribution in [2.45, 2.75) is 58.2 Å². The van der Waals surface area contributed by atoms with E-state index in [1.807, 2.05) is 13.8 Å². The lowest BCUT2D eigenvalue weighted by atomic mass is 9.81. The first-order valence-electron chi connectivity index (χ1n) is 7.62. The number of hydrogen-bond donors (Lipinski definition) is 0. The number of ether oxygens (including phenoxy) is 2. The lowest BCUT2D eigenvalue weighted by Gasteiger charge is -2.35. The zero-order valence-corrected chi connectivity index (χ0v) is 12.4. The van der Waals surface area contributed by atoms with Crippen molar-refractivity contribution in [2.75, 3.05) is 13.2 Å². The van der Waals surface area contributed by atoms with Gasteiger partial charge in [0, 0.05) is 12.8 Å². The minimum Gasteiger partial charge on any atom is -0.348 e. The molecule has 2 fully saturated rings. The van der Waals surface area contributed by atoms with Crippen LogP contribution in [0.5, 0.6) is 0 Å². The van der Waals surface area contributed by atoms with Crippen LogP contribution in [-0.4, -0.2) is 19.0 Å². The Bertz CT molecular complexity index is 384. The molecule has 0 atom stereocenters. The molecule has 1 aromatic carbocycles. The normalized spacial score (nSPS) is 22.1. The van der Waals surface area contributed by atoms with Gasteiger partial charge in [-0.1, -0.05) is 43.7 Å². The Labute approximate surface area is 117 Å². The monoisotopic (exact) mass is 262 g/mol. The van der Waals surface area contributed by atoms with Gasteiger partial charge in [-0.2, -0.15) is 0 Å². The van der Waals surface area contributed by atoms with E-state index in [1.165, 1.54) is 24.0 Å². The van der Waals surface area contributed by atoms with Gasteiger partial charge in [-0.05, 0) is 31.2 Å². The van der Waals surface area contributed by atoms with E-state index in [0.29, 0.717) is 5.92 Å². The van der Waals surface area contributed by atoms with E-state index >= 15 is 0 Å². The molecule has 0 bridgehead atoms. The fraction of sp³-hybridized carbons (Fsp3) is 0.647. The molecule has 2 heteroatoms. The van der Waals surface area contributed by atoms with Crippen LogP contribution in [0, 0.1) is 6.92 Å². The van der Waals surface area contributed by atoms with Crippen LogP contribution < -0.4 is 0 Å². The van der Waals surface area contributed by atoms with Crippen LogP contribution in [0.1, 0.15) is 56.6 Å². The van der Waals surface area contributed by atoms with Crippen molar-refractivity contribution in [3.63, 3.8) is 0 Å². The highest BCUT2D eigenvalue weighted by Gasteiger charge is 2.40. The fourth-order valence-electron chi connectivity index (χ4n) is 3.10. The predicted octanol–water partition coefficient (Wildman–Crippen LogP) is 4.42. The third kappa shape index (κ3) is 3.37. The number of benzene rings is 1. The molecule has 1 heterocycles. The average molecular weight is 262 g/mol. The second kappa shape index (κ2) is 6.53. The molecule has 0 aromatic heterocycles. The Balaban J connectivity index is 0.000000637. The fourth-order valence-corrected chi connectivity index (χ4v) is 3.10. The topological polar surface area (TPSA) is 18.5 Å². The molecule has 19 heavy (non-hydrogen) atoms. The molecule has 1 aliphatic heterocycles. The van der Waals surface area contributed by atoms with Crippen molar-refractivity contribution in [1.82, 2.24) is 0 Å². The summed E-state index contributed by atoms with van der Waals surface area (Å²) in [5, 5.41) is 0. The van der Waals surface area contributed by atoms with Crippen molar-refractivity contribution in [1.29, 1.82) is 0 Å². The van der Waals surface area contributed by atoms with Gasteiger partial charge in [-0.15, -0.1) is 0 Å². The van der Waals surface area contributed by atoms with Crippen LogP contribution in [0.2, 0.25) is 0 Å². The molecule has 1 saturated heterocycles. The van der Waals surface area contributed by atoms with Gasteiger partial charge >= 0.3 is 0 Å². The average Bonchev–Trinajstić information content (AvgIpc) is 2.90. The summed E-state index contributed by atoms with van der Waals surface area (Å²) in [5.41, 5.74) is 2.84. The SMILES string of the molecule is CC.Cc1cccc(C2CCC3(CC2)OCCO3)c1. The lowest BCUT2D eigenvalue weighted by molar-refractivity contribution is -0.178. The molecule has 3 rings (SSSR count). The first-order chi connectivity index (χ1) is 9.27. The van der Waals surface area contributed by atoms with E-state index in [-0.39, 0.29) is 5.79 Å².